The molecular formula is C23H16N4. The summed E-state index contributed by atoms with van der Waals surface area (Å²) in [4.78, 5) is 4.48. The van der Waals surface area contributed by atoms with E-state index < -0.39 is 0 Å². The molecule has 0 aliphatic heterocycles. The lowest BCUT2D eigenvalue weighted by Gasteiger charge is -2.09. The van der Waals surface area contributed by atoms with Gasteiger partial charge in [0.1, 0.15) is 5.69 Å². The molecule has 0 spiro atoms. The highest BCUT2D eigenvalue weighted by atomic mass is 15.2. The Hall–Kier alpha value is -3.66. The van der Waals surface area contributed by atoms with Crippen molar-refractivity contribution in [1.29, 1.82) is 0 Å². The Morgan fingerprint density at radius 2 is 1.48 bits per heavy atom. The average molecular weight is 348 g/mol. The lowest BCUT2D eigenvalue weighted by Crippen LogP contribution is -1.94. The van der Waals surface area contributed by atoms with Crippen LogP contribution in [0.4, 0.5) is 0 Å². The van der Waals surface area contributed by atoms with E-state index in [0.29, 0.717) is 0 Å². The molecule has 0 N–H and O–H groups in total. The van der Waals surface area contributed by atoms with Crippen molar-refractivity contribution in [2.75, 3.05) is 0 Å². The minimum Gasteiger partial charge on any atom is -0.333 e. The Morgan fingerprint density at radius 1 is 0.741 bits per heavy atom. The number of pyridine rings is 1. The molecule has 0 radical (unpaired) electrons. The molecule has 0 bridgehead atoms. The van der Waals surface area contributed by atoms with Crippen LogP contribution in [0.15, 0.2) is 79.1 Å². The van der Waals surface area contributed by atoms with E-state index >= 15 is 0 Å². The molecule has 6 aromatic rings. The summed E-state index contributed by atoms with van der Waals surface area (Å²) in [6, 6.07) is 23.7. The number of aromatic nitrogens is 4. The Morgan fingerprint density at radius 3 is 2.26 bits per heavy atom. The predicted molar refractivity (Wildman–Crippen MR) is 110 cm³/mol. The summed E-state index contributed by atoms with van der Waals surface area (Å²) < 4.78 is 4.05. The molecule has 3 heterocycles. The standard InChI is InChI=1S/C23H16N4/c1-26-11-10-24-23(26)20-14-22-19-13-16-7-3-2-6-15(16)12-18(19)17-8-4-5-9-21(17)27(22)25-20/h2-14H,1H3. The number of aryl methyl sites for hydroxylation is 1. The van der Waals surface area contributed by atoms with Gasteiger partial charge in [-0.2, -0.15) is 5.10 Å². The first-order valence-electron chi connectivity index (χ1n) is 9.00. The Balaban J connectivity index is 1.85. The number of fused-ring (bicyclic) bond motifs is 7. The van der Waals surface area contributed by atoms with E-state index in [1.54, 1.807) is 0 Å². The van der Waals surface area contributed by atoms with Crippen molar-refractivity contribution < 1.29 is 0 Å². The topological polar surface area (TPSA) is 35.1 Å². The molecule has 4 nitrogen and oxygen atoms in total. The fourth-order valence-corrected chi connectivity index (χ4v) is 4.04. The molecule has 128 valence electrons. The van der Waals surface area contributed by atoms with E-state index in [9.17, 15) is 0 Å². The largest absolute Gasteiger partial charge is 0.333 e. The SMILES string of the molecule is Cn1ccnc1-c1cc2c3cc4ccccc4cc3c3ccccc3n2n1. The molecule has 4 heteroatoms. The molecule has 0 amide bonds. The molecule has 0 fully saturated rings. The molecule has 0 aliphatic rings. The summed E-state index contributed by atoms with van der Waals surface area (Å²) in [5, 5.41) is 11.1. The number of para-hydroxylation sites is 1. The molecule has 0 aliphatic carbocycles. The van der Waals surface area contributed by atoms with Gasteiger partial charge in [-0.15, -0.1) is 0 Å². The minimum absolute atomic E-state index is 0.872. The first kappa shape index (κ1) is 14.5. The number of hydrogen-bond donors (Lipinski definition) is 0. The lowest BCUT2D eigenvalue weighted by atomic mass is 10.00. The molecule has 6 rings (SSSR count). The summed E-state index contributed by atoms with van der Waals surface area (Å²) in [6.45, 7) is 0. The molecule has 3 aromatic heterocycles. The molecule has 0 saturated heterocycles. The number of imidazole rings is 1. The van der Waals surface area contributed by atoms with Gasteiger partial charge in [-0.3, -0.25) is 0 Å². The van der Waals surface area contributed by atoms with Crippen LogP contribution in [-0.2, 0) is 7.05 Å². The van der Waals surface area contributed by atoms with Crippen LogP contribution in [0.1, 0.15) is 0 Å². The summed E-state index contributed by atoms with van der Waals surface area (Å²) in [6.07, 6.45) is 3.76. The smallest absolute Gasteiger partial charge is 0.160 e. The zero-order chi connectivity index (χ0) is 18.0. The first-order valence-corrected chi connectivity index (χ1v) is 9.00. The Labute approximate surface area is 155 Å². The molecule has 3 aromatic carbocycles. The molecular weight excluding hydrogens is 332 g/mol. The zero-order valence-corrected chi connectivity index (χ0v) is 14.8. The van der Waals surface area contributed by atoms with E-state index in [2.05, 4.69) is 76.2 Å². The van der Waals surface area contributed by atoms with E-state index in [1.165, 1.54) is 26.9 Å². The van der Waals surface area contributed by atoms with Crippen LogP contribution < -0.4 is 0 Å². The second kappa shape index (κ2) is 5.17. The average Bonchev–Trinajstić information content (AvgIpc) is 3.33. The van der Waals surface area contributed by atoms with Gasteiger partial charge < -0.3 is 4.57 Å². The number of hydrogen-bond acceptors (Lipinski definition) is 2. The Bertz CT molecular complexity index is 1490. The third-order valence-electron chi connectivity index (χ3n) is 5.34. The van der Waals surface area contributed by atoms with Crippen LogP contribution >= 0.6 is 0 Å². The van der Waals surface area contributed by atoms with E-state index in [-0.39, 0.29) is 0 Å². The van der Waals surface area contributed by atoms with Gasteiger partial charge in [0.25, 0.3) is 0 Å². The molecule has 0 saturated carbocycles. The van der Waals surface area contributed by atoms with Crippen molar-refractivity contribution in [2.24, 2.45) is 7.05 Å². The molecule has 0 atom stereocenters. The lowest BCUT2D eigenvalue weighted by molar-refractivity contribution is 0.906. The summed E-state index contributed by atoms with van der Waals surface area (Å²) in [7, 11) is 2.00. The number of nitrogens with zero attached hydrogens (tertiary/aromatic N) is 4. The normalized spacial score (nSPS) is 11.9. The van der Waals surface area contributed by atoms with Gasteiger partial charge in [-0.1, -0.05) is 42.5 Å². The second-order valence-corrected chi connectivity index (χ2v) is 6.95. The fraction of sp³-hybridized carbons (Fsp3) is 0.0435. The fourth-order valence-electron chi connectivity index (χ4n) is 4.04. The number of benzene rings is 3. The van der Waals surface area contributed by atoms with Gasteiger partial charge in [-0.25, -0.2) is 9.50 Å². The van der Waals surface area contributed by atoms with Crippen LogP contribution in [0.3, 0.4) is 0 Å². The third-order valence-corrected chi connectivity index (χ3v) is 5.34. The quantitative estimate of drug-likeness (QED) is 0.303. The summed E-state index contributed by atoms with van der Waals surface area (Å²) in [5.74, 6) is 0.872. The van der Waals surface area contributed by atoms with Crippen molar-refractivity contribution in [1.82, 2.24) is 19.2 Å². The van der Waals surface area contributed by atoms with Gasteiger partial charge >= 0.3 is 0 Å². The predicted octanol–water partition coefficient (Wildman–Crippen LogP) is 5.19. The Kier molecular flexibility index (Phi) is 2.78. The van der Waals surface area contributed by atoms with E-state index in [4.69, 9.17) is 5.10 Å². The van der Waals surface area contributed by atoms with Crippen LogP contribution in [0.5, 0.6) is 0 Å². The van der Waals surface area contributed by atoms with Crippen LogP contribution in [0.25, 0.3) is 49.5 Å². The van der Waals surface area contributed by atoms with E-state index in [0.717, 1.165) is 22.6 Å². The van der Waals surface area contributed by atoms with E-state index in [1.807, 2.05) is 24.0 Å². The van der Waals surface area contributed by atoms with Gasteiger partial charge in [0.15, 0.2) is 5.82 Å². The minimum atomic E-state index is 0.872. The monoisotopic (exact) mass is 348 g/mol. The second-order valence-electron chi connectivity index (χ2n) is 6.95. The maximum atomic E-state index is 4.91. The highest BCUT2D eigenvalue weighted by Crippen LogP contribution is 2.34. The maximum absolute atomic E-state index is 4.91. The number of rotatable bonds is 1. The van der Waals surface area contributed by atoms with Gasteiger partial charge in [0.2, 0.25) is 0 Å². The van der Waals surface area contributed by atoms with Crippen LogP contribution in [0.2, 0.25) is 0 Å². The molecule has 27 heavy (non-hydrogen) atoms. The van der Waals surface area contributed by atoms with Crippen molar-refractivity contribution in [3.8, 4) is 11.5 Å². The van der Waals surface area contributed by atoms with Gasteiger partial charge in [0, 0.05) is 30.2 Å². The zero-order valence-electron chi connectivity index (χ0n) is 14.8. The summed E-state index contributed by atoms with van der Waals surface area (Å²) in [5.41, 5.74) is 3.09. The van der Waals surface area contributed by atoms with Crippen LogP contribution in [-0.4, -0.2) is 19.2 Å². The van der Waals surface area contributed by atoms with Crippen molar-refractivity contribution in [3.63, 3.8) is 0 Å². The van der Waals surface area contributed by atoms with Crippen LogP contribution in [0, 0.1) is 0 Å². The van der Waals surface area contributed by atoms with Crippen molar-refractivity contribution >= 4 is 38.0 Å². The molecule has 0 unspecified atom stereocenters. The van der Waals surface area contributed by atoms with Gasteiger partial charge in [0.05, 0.1) is 11.0 Å². The van der Waals surface area contributed by atoms with Gasteiger partial charge in [-0.05, 0) is 40.4 Å². The first-order chi connectivity index (χ1) is 13.3. The highest BCUT2D eigenvalue weighted by molar-refractivity contribution is 6.16. The third kappa shape index (κ3) is 1.98. The van der Waals surface area contributed by atoms with Crippen molar-refractivity contribution in [2.45, 2.75) is 0 Å². The van der Waals surface area contributed by atoms with Crippen molar-refractivity contribution in [3.05, 3.63) is 79.1 Å². The highest BCUT2D eigenvalue weighted by Gasteiger charge is 2.15. The maximum Gasteiger partial charge on any atom is 0.160 e. The summed E-state index contributed by atoms with van der Waals surface area (Å²) >= 11 is 0.